The maximum atomic E-state index is 14.1. The van der Waals surface area contributed by atoms with E-state index in [1.165, 1.54) is 0 Å². The van der Waals surface area contributed by atoms with Gasteiger partial charge >= 0.3 is 6.03 Å². The number of morpholine rings is 1. The second kappa shape index (κ2) is 11.9. The third kappa shape index (κ3) is 5.32. The molecule has 3 aromatic carbocycles. The normalized spacial score (nSPS) is 14.3. The monoisotopic (exact) mass is 580 g/mol. The lowest BCUT2D eigenvalue weighted by atomic mass is 9.85. The van der Waals surface area contributed by atoms with Crippen LogP contribution in [0.4, 0.5) is 4.79 Å². The van der Waals surface area contributed by atoms with E-state index in [1.54, 1.807) is 23.6 Å². The van der Waals surface area contributed by atoms with Gasteiger partial charge in [-0.15, -0.1) is 0 Å². The van der Waals surface area contributed by atoms with Crippen LogP contribution in [-0.4, -0.2) is 65.5 Å². The molecule has 222 valence electrons. The minimum Gasteiger partial charge on any atom is -0.507 e. The molecule has 1 atom stereocenters. The van der Waals surface area contributed by atoms with Crippen molar-refractivity contribution >= 4 is 27.8 Å². The van der Waals surface area contributed by atoms with Crippen molar-refractivity contribution in [3.05, 3.63) is 105 Å². The number of rotatable bonds is 7. The molecule has 3 N–H and O–H groups in total. The number of hydrogen-bond donors (Lipinski definition) is 3. The first-order valence-corrected chi connectivity index (χ1v) is 14.5. The van der Waals surface area contributed by atoms with Gasteiger partial charge in [-0.2, -0.15) is 0 Å². The molecule has 43 heavy (non-hydrogen) atoms. The Morgan fingerprint density at radius 3 is 2.56 bits per heavy atom. The smallest absolute Gasteiger partial charge is 0.317 e. The molecule has 9 heteroatoms. The van der Waals surface area contributed by atoms with Gasteiger partial charge in [-0.05, 0) is 60.9 Å². The van der Waals surface area contributed by atoms with Crippen molar-refractivity contribution in [3.63, 3.8) is 0 Å². The molecule has 0 spiro atoms. The summed E-state index contributed by atoms with van der Waals surface area (Å²) in [6, 6.07) is 21.0. The lowest BCUT2D eigenvalue weighted by Crippen LogP contribution is -2.46. The quantitative estimate of drug-likeness (QED) is 0.256. The van der Waals surface area contributed by atoms with E-state index in [0.29, 0.717) is 55.9 Å². The van der Waals surface area contributed by atoms with Gasteiger partial charge in [0.1, 0.15) is 11.5 Å². The fourth-order valence-corrected chi connectivity index (χ4v) is 6.11. The molecule has 1 saturated heterocycles. The Kier molecular flexibility index (Phi) is 7.82. The van der Waals surface area contributed by atoms with E-state index in [-0.39, 0.29) is 22.9 Å². The van der Waals surface area contributed by atoms with E-state index in [1.807, 2.05) is 67.6 Å². The van der Waals surface area contributed by atoms with Crippen molar-refractivity contribution in [1.29, 1.82) is 0 Å². The summed E-state index contributed by atoms with van der Waals surface area (Å²) in [6.45, 7) is 4.64. The zero-order valence-corrected chi connectivity index (χ0v) is 24.6. The Balaban J connectivity index is 1.51. The molecular formula is C34H36N4O5. The summed E-state index contributed by atoms with van der Waals surface area (Å²) in [5.74, 6) is 0.0317. The Morgan fingerprint density at radius 2 is 1.81 bits per heavy atom. The summed E-state index contributed by atoms with van der Waals surface area (Å²) in [6.07, 6.45) is 0.524. The average molecular weight is 581 g/mol. The van der Waals surface area contributed by atoms with Crippen LogP contribution in [0.25, 0.3) is 21.8 Å². The van der Waals surface area contributed by atoms with Crippen LogP contribution in [0.15, 0.2) is 71.5 Å². The first-order chi connectivity index (χ1) is 20.9. The summed E-state index contributed by atoms with van der Waals surface area (Å²) in [7, 11) is 3.34. The summed E-state index contributed by atoms with van der Waals surface area (Å²) >= 11 is 0. The maximum absolute atomic E-state index is 14.1. The number of para-hydroxylation sites is 1. The molecule has 5 aromatic rings. The number of aromatic amines is 1. The van der Waals surface area contributed by atoms with E-state index in [4.69, 9.17) is 9.47 Å². The third-order valence-corrected chi connectivity index (χ3v) is 8.38. The number of aryl methyl sites for hydroxylation is 2. The fourth-order valence-electron chi connectivity index (χ4n) is 6.11. The Bertz CT molecular complexity index is 1850. The van der Waals surface area contributed by atoms with Gasteiger partial charge in [0.15, 0.2) is 0 Å². The van der Waals surface area contributed by atoms with Gasteiger partial charge in [-0.25, -0.2) is 4.79 Å². The number of urea groups is 1. The van der Waals surface area contributed by atoms with Crippen molar-refractivity contribution in [3.8, 4) is 11.5 Å². The van der Waals surface area contributed by atoms with Crippen molar-refractivity contribution in [2.45, 2.75) is 19.3 Å². The van der Waals surface area contributed by atoms with Crippen LogP contribution in [0.3, 0.4) is 0 Å². The predicted octanol–water partition coefficient (Wildman–Crippen LogP) is 4.81. The van der Waals surface area contributed by atoms with Crippen LogP contribution >= 0.6 is 0 Å². The van der Waals surface area contributed by atoms with E-state index in [2.05, 4.69) is 16.4 Å². The Labute approximate surface area is 249 Å². The minimum absolute atomic E-state index is 0.0408. The number of fused-ring (bicyclic) bond motifs is 2. The number of benzene rings is 3. The first kappa shape index (κ1) is 28.4. The average Bonchev–Trinajstić information content (AvgIpc) is 3.39. The molecule has 6 rings (SSSR count). The van der Waals surface area contributed by atoms with Crippen LogP contribution < -0.4 is 15.6 Å². The number of carbonyl (C=O) groups excluding carboxylic acids is 1. The number of amides is 2. The number of aromatic nitrogens is 2. The molecule has 1 aliphatic rings. The summed E-state index contributed by atoms with van der Waals surface area (Å²) < 4.78 is 12.4. The van der Waals surface area contributed by atoms with E-state index >= 15 is 0 Å². The van der Waals surface area contributed by atoms with E-state index in [9.17, 15) is 14.7 Å². The van der Waals surface area contributed by atoms with Crippen molar-refractivity contribution in [1.82, 2.24) is 19.8 Å². The molecule has 1 unspecified atom stereocenters. The van der Waals surface area contributed by atoms with Gasteiger partial charge in [0.05, 0.1) is 37.3 Å². The van der Waals surface area contributed by atoms with E-state index < -0.39 is 5.92 Å². The topological polar surface area (TPSA) is 109 Å². The van der Waals surface area contributed by atoms with Gasteiger partial charge in [0.25, 0.3) is 5.56 Å². The molecule has 0 bridgehead atoms. The van der Waals surface area contributed by atoms with Gasteiger partial charge in [0.2, 0.25) is 0 Å². The highest BCUT2D eigenvalue weighted by Crippen LogP contribution is 2.41. The standard InChI is InChI=1S/C34H36N4O5/c1-21-8-13-27-26(20-21)24(14-15-35-34(41)38-16-18-43-19-17-38)31(36-27)29(22-9-11-23(42-3)12-10-22)30-32(39)25-6-4-5-7-28(25)37(2)33(30)40/h4-13,20,29,36,39H,14-19H2,1-3H3,(H,35,41). The second-order valence-corrected chi connectivity index (χ2v) is 11.0. The molecule has 3 heterocycles. The first-order valence-electron chi connectivity index (χ1n) is 14.5. The minimum atomic E-state index is -0.619. The van der Waals surface area contributed by atoms with Gasteiger partial charge < -0.3 is 34.3 Å². The third-order valence-electron chi connectivity index (χ3n) is 8.38. The van der Waals surface area contributed by atoms with Crippen LogP contribution in [0.5, 0.6) is 11.5 Å². The molecule has 1 fully saturated rings. The van der Waals surface area contributed by atoms with Gasteiger partial charge in [-0.1, -0.05) is 35.9 Å². The van der Waals surface area contributed by atoms with E-state index in [0.717, 1.165) is 33.3 Å². The number of carbonyl (C=O) groups is 1. The molecule has 2 aromatic heterocycles. The number of pyridine rings is 1. The van der Waals surface area contributed by atoms with Crippen LogP contribution in [0, 0.1) is 6.92 Å². The Hall–Kier alpha value is -4.76. The van der Waals surface area contributed by atoms with Crippen LogP contribution in [-0.2, 0) is 18.2 Å². The number of methoxy groups -OCH3 is 1. The molecule has 9 nitrogen and oxygen atoms in total. The molecule has 2 amide bonds. The lowest BCUT2D eigenvalue weighted by molar-refractivity contribution is 0.0533. The Morgan fingerprint density at radius 1 is 1.07 bits per heavy atom. The zero-order chi connectivity index (χ0) is 30.1. The van der Waals surface area contributed by atoms with Crippen LogP contribution in [0.1, 0.15) is 33.9 Å². The predicted molar refractivity (Wildman–Crippen MR) is 167 cm³/mol. The highest BCUT2D eigenvalue weighted by Gasteiger charge is 2.30. The molecule has 0 aliphatic carbocycles. The SMILES string of the molecule is COc1ccc(C(c2[nH]c3ccc(C)cc3c2CCNC(=O)N2CCOCC2)c2c(O)c3ccccc3n(C)c2=O)cc1. The number of nitrogens with zero attached hydrogens (tertiary/aromatic N) is 2. The number of H-pyrrole nitrogens is 1. The van der Waals surface area contributed by atoms with Crippen LogP contribution in [0.2, 0.25) is 0 Å². The second-order valence-electron chi connectivity index (χ2n) is 11.0. The lowest BCUT2D eigenvalue weighted by Gasteiger charge is -2.27. The summed E-state index contributed by atoms with van der Waals surface area (Å²) in [5.41, 5.74) is 5.29. The number of hydrogen-bond acceptors (Lipinski definition) is 5. The largest absolute Gasteiger partial charge is 0.507 e. The van der Waals surface area contributed by atoms with Crippen molar-refractivity contribution < 1.29 is 19.4 Å². The zero-order valence-electron chi connectivity index (χ0n) is 24.6. The number of nitrogens with one attached hydrogen (secondary N) is 2. The number of ether oxygens (including phenoxy) is 2. The summed E-state index contributed by atoms with van der Waals surface area (Å²) in [4.78, 5) is 32.3. The highest BCUT2D eigenvalue weighted by atomic mass is 16.5. The van der Waals surface area contributed by atoms with Crippen molar-refractivity contribution in [2.75, 3.05) is 40.0 Å². The van der Waals surface area contributed by atoms with Crippen molar-refractivity contribution in [2.24, 2.45) is 7.05 Å². The molecule has 0 radical (unpaired) electrons. The fraction of sp³-hybridized carbons (Fsp3) is 0.294. The number of aromatic hydroxyl groups is 1. The van der Waals surface area contributed by atoms with Gasteiger partial charge in [0, 0.05) is 48.7 Å². The van der Waals surface area contributed by atoms with Gasteiger partial charge in [-0.3, -0.25) is 4.79 Å². The molecular weight excluding hydrogens is 544 g/mol. The molecule has 1 aliphatic heterocycles. The molecule has 0 saturated carbocycles. The maximum Gasteiger partial charge on any atom is 0.317 e. The summed E-state index contributed by atoms with van der Waals surface area (Å²) in [5, 5.41) is 16.4. The highest BCUT2D eigenvalue weighted by molar-refractivity contribution is 5.89.